The molecule has 1 aromatic carbocycles. The van der Waals surface area contributed by atoms with E-state index in [-0.39, 0.29) is 24.2 Å². The van der Waals surface area contributed by atoms with E-state index in [2.05, 4.69) is 50.8 Å². The van der Waals surface area contributed by atoms with Crippen LogP contribution in [0.5, 0.6) is 0 Å². The monoisotopic (exact) mass is 392 g/mol. The van der Waals surface area contributed by atoms with Crippen molar-refractivity contribution in [3.05, 3.63) is 46.5 Å². The van der Waals surface area contributed by atoms with Gasteiger partial charge in [0.25, 0.3) is 0 Å². The van der Waals surface area contributed by atoms with Gasteiger partial charge in [-0.3, -0.25) is 9.69 Å². The number of nitrogens with one attached hydrogen (secondary N) is 2. The molecule has 1 saturated heterocycles. The lowest BCUT2D eigenvalue weighted by Crippen LogP contribution is -2.34. The molecule has 0 atom stereocenters. The zero-order valence-corrected chi connectivity index (χ0v) is 16.4. The summed E-state index contributed by atoms with van der Waals surface area (Å²) in [6, 6.07) is 10.6. The van der Waals surface area contributed by atoms with Crippen molar-refractivity contribution < 1.29 is 4.79 Å². The average molecular weight is 393 g/mol. The van der Waals surface area contributed by atoms with E-state index in [1.807, 2.05) is 0 Å². The third kappa shape index (κ3) is 4.62. The number of amides is 1. The zero-order valence-electron chi connectivity index (χ0n) is 14.7. The summed E-state index contributed by atoms with van der Waals surface area (Å²) < 4.78 is 0. The number of nitrogens with zero attached hydrogens (tertiary/aromatic N) is 2. The van der Waals surface area contributed by atoms with Crippen molar-refractivity contribution in [1.82, 2.24) is 15.2 Å². The number of halogens is 1. The number of carbonyl (C=O) groups excluding carboxylic acids is 1. The normalized spacial score (nSPS) is 18.0. The van der Waals surface area contributed by atoms with Gasteiger partial charge in [0.15, 0.2) is 5.13 Å². The molecule has 5 nitrogen and oxygen atoms in total. The van der Waals surface area contributed by atoms with Gasteiger partial charge in [0.1, 0.15) is 0 Å². The van der Waals surface area contributed by atoms with Gasteiger partial charge in [-0.25, -0.2) is 4.98 Å². The van der Waals surface area contributed by atoms with E-state index >= 15 is 0 Å². The van der Waals surface area contributed by atoms with Crippen molar-refractivity contribution in [1.29, 1.82) is 0 Å². The summed E-state index contributed by atoms with van der Waals surface area (Å²) in [5, 5.41) is 7.13. The van der Waals surface area contributed by atoms with Gasteiger partial charge in [-0.2, -0.15) is 0 Å². The predicted molar refractivity (Wildman–Crippen MR) is 108 cm³/mol. The Hall–Kier alpha value is -1.47. The Morgan fingerprint density at radius 2 is 2.04 bits per heavy atom. The lowest BCUT2D eigenvalue weighted by atomic mass is 9.97. The highest BCUT2D eigenvalue weighted by Gasteiger charge is 2.24. The molecule has 2 N–H and O–H groups in total. The van der Waals surface area contributed by atoms with Crippen molar-refractivity contribution in [2.45, 2.75) is 32.4 Å². The van der Waals surface area contributed by atoms with Crippen LogP contribution in [0.25, 0.3) is 0 Å². The summed E-state index contributed by atoms with van der Waals surface area (Å²) in [6.45, 7) is 4.77. The van der Waals surface area contributed by atoms with Gasteiger partial charge in [0, 0.05) is 36.9 Å². The summed E-state index contributed by atoms with van der Waals surface area (Å²) in [5.74, 6) is 0.255. The van der Waals surface area contributed by atoms with E-state index < -0.39 is 0 Å². The van der Waals surface area contributed by atoms with Crippen LogP contribution in [-0.2, 0) is 24.3 Å². The summed E-state index contributed by atoms with van der Waals surface area (Å²) in [6.07, 6.45) is 2.80. The standard InChI is InChI=1S/C19H24N4OS.ClH/c24-18(15-6-9-20-10-7-15)22-19-21-16-8-11-23(13-17(16)25-19)12-14-4-2-1-3-5-14;/h1-5,15,20H,6-13H2,(H,21,22,24);1H. The highest BCUT2D eigenvalue weighted by atomic mass is 35.5. The molecule has 0 spiro atoms. The lowest BCUT2D eigenvalue weighted by Gasteiger charge is -2.25. The number of carbonyl (C=O) groups is 1. The van der Waals surface area contributed by atoms with Gasteiger partial charge < -0.3 is 10.6 Å². The van der Waals surface area contributed by atoms with Gasteiger partial charge in [-0.15, -0.1) is 23.7 Å². The number of aromatic nitrogens is 1. The molecule has 3 heterocycles. The SMILES string of the molecule is Cl.O=C(Nc1nc2c(s1)CN(Cc1ccccc1)CC2)C1CCNCC1. The number of anilines is 1. The molecule has 0 radical (unpaired) electrons. The van der Waals surface area contributed by atoms with Crippen molar-refractivity contribution in [3.63, 3.8) is 0 Å². The second-order valence-corrected chi connectivity index (χ2v) is 7.93. The number of thiazole rings is 1. The Morgan fingerprint density at radius 1 is 1.27 bits per heavy atom. The third-order valence-corrected chi connectivity index (χ3v) is 6.00. The van der Waals surface area contributed by atoms with Crippen LogP contribution in [0.15, 0.2) is 30.3 Å². The molecule has 0 aliphatic carbocycles. The molecule has 4 rings (SSSR count). The van der Waals surface area contributed by atoms with Gasteiger partial charge in [-0.1, -0.05) is 30.3 Å². The second-order valence-electron chi connectivity index (χ2n) is 6.85. The first-order valence-electron chi connectivity index (χ1n) is 9.04. The fourth-order valence-electron chi connectivity index (χ4n) is 3.57. The van der Waals surface area contributed by atoms with Crippen molar-refractivity contribution in [2.24, 2.45) is 5.92 Å². The first-order valence-corrected chi connectivity index (χ1v) is 9.86. The van der Waals surface area contributed by atoms with E-state index in [4.69, 9.17) is 0 Å². The van der Waals surface area contributed by atoms with Crippen molar-refractivity contribution in [3.8, 4) is 0 Å². The van der Waals surface area contributed by atoms with E-state index in [1.165, 1.54) is 10.4 Å². The Labute approximate surface area is 164 Å². The minimum absolute atomic E-state index is 0. The van der Waals surface area contributed by atoms with Crippen molar-refractivity contribution in [2.75, 3.05) is 25.0 Å². The molecule has 26 heavy (non-hydrogen) atoms. The van der Waals surface area contributed by atoms with Crippen LogP contribution in [0, 0.1) is 5.92 Å². The van der Waals surface area contributed by atoms with Crippen molar-refractivity contribution >= 4 is 34.8 Å². The Balaban J connectivity index is 0.00000196. The van der Waals surface area contributed by atoms with Crippen LogP contribution in [0.1, 0.15) is 29.0 Å². The summed E-state index contributed by atoms with van der Waals surface area (Å²) in [4.78, 5) is 20.8. The van der Waals surface area contributed by atoms with Crippen LogP contribution in [0.2, 0.25) is 0 Å². The van der Waals surface area contributed by atoms with Crippen LogP contribution >= 0.6 is 23.7 Å². The first-order chi connectivity index (χ1) is 12.3. The maximum Gasteiger partial charge on any atom is 0.229 e. The van der Waals surface area contributed by atoms with Gasteiger partial charge in [-0.05, 0) is 31.5 Å². The number of hydrogen-bond donors (Lipinski definition) is 2. The highest BCUT2D eigenvalue weighted by molar-refractivity contribution is 7.15. The van der Waals surface area contributed by atoms with Gasteiger partial charge >= 0.3 is 0 Å². The molecule has 140 valence electrons. The molecule has 7 heteroatoms. The fraction of sp³-hybridized carbons (Fsp3) is 0.474. The molecule has 0 bridgehead atoms. The smallest absolute Gasteiger partial charge is 0.229 e. The maximum atomic E-state index is 12.4. The van der Waals surface area contributed by atoms with E-state index in [1.54, 1.807) is 11.3 Å². The predicted octanol–water partition coefficient (Wildman–Crippen LogP) is 3.06. The summed E-state index contributed by atoms with van der Waals surface area (Å²) in [5.41, 5.74) is 2.50. The molecular weight excluding hydrogens is 368 g/mol. The first kappa shape index (κ1) is 19.3. The summed E-state index contributed by atoms with van der Waals surface area (Å²) in [7, 11) is 0. The quantitative estimate of drug-likeness (QED) is 0.839. The maximum absolute atomic E-state index is 12.4. The highest BCUT2D eigenvalue weighted by Crippen LogP contribution is 2.29. The van der Waals surface area contributed by atoms with Crippen LogP contribution in [-0.4, -0.2) is 35.4 Å². The molecule has 2 aliphatic heterocycles. The number of piperidine rings is 1. The lowest BCUT2D eigenvalue weighted by molar-refractivity contribution is -0.120. The van der Waals surface area contributed by atoms with Gasteiger partial charge in [0.2, 0.25) is 5.91 Å². The van der Waals surface area contributed by atoms with Crippen LogP contribution < -0.4 is 10.6 Å². The minimum Gasteiger partial charge on any atom is -0.317 e. The molecule has 1 fully saturated rings. The van der Waals surface area contributed by atoms with Crippen LogP contribution in [0.4, 0.5) is 5.13 Å². The number of benzene rings is 1. The third-order valence-electron chi connectivity index (χ3n) is 5.00. The molecule has 1 amide bonds. The van der Waals surface area contributed by atoms with E-state index in [0.717, 1.165) is 62.8 Å². The molecule has 0 saturated carbocycles. The molecule has 1 aromatic heterocycles. The Morgan fingerprint density at radius 3 is 2.81 bits per heavy atom. The van der Waals surface area contributed by atoms with Crippen LogP contribution in [0.3, 0.4) is 0 Å². The van der Waals surface area contributed by atoms with E-state index in [0.29, 0.717) is 0 Å². The largest absolute Gasteiger partial charge is 0.317 e. The van der Waals surface area contributed by atoms with Gasteiger partial charge in [0.05, 0.1) is 5.69 Å². The molecule has 0 unspecified atom stereocenters. The van der Waals surface area contributed by atoms with E-state index in [9.17, 15) is 4.79 Å². The minimum atomic E-state index is 0. The zero-order chi connectivity index (χ0) is 17.1. The molecular formula is C19H25ClN4OS. The number of rotatable bonds is 4. The Kier molecular flexibility index (Phi) is 6.64. The number of hydrogen-bond acceptors (Lipinski definition) is 5. The fourth-order valence-corrected chi connectivity index (χ4v) is 4.62. The second kappa shape index (κ2) is 8.95. The summed E-state index contributed by atoms with van der Waals surface area (Å²) >= 11 is 1.64. The Bertz CT molecular complexity index is 730. The molecule has 2 aromatic rings. The topological polar surface area (TPSA) is 57.3 Å². The molecule has 2 aliphatic rings. The number of fused-ring (bicyclic) bond motifs is 1. The average Bonchev–Trinajstić information content (AvgIpc) is 3.05.